The van der Waals surface area contributed by atoms with Crippen LogP contribution in [-0.2, 0) is 11.0 Å². The van der Waals surface area contributed by atoms with Gasteiger partial charge in [-0.15, -0.1) is 0 Å². The minimum absolute atomic E-state index is 0.000617. The van der Waals surface area contributed by atoms with Crippen molar-refractivity contribution >= 4 is 9.04 Å². The number of aliphatic hydroxyl groups is 1. The van der Waals surface area contributed by atoms with Crippen molar-refractivity contribution < 1.29 is 9.53 Å². The lowest BCUT2D eigenvalue weighted by Crippen LogP contribution is -2.26. The van der Waals surface area contributed by atoms with E-state index < -0.39 is 9.04 Å². The van der Waals surface area contributed by atoms with Crippen molar-refractivity contribution in [1.29, 1.82) is 0 Å². The largest absolute Gasteiger partial charge is 0.412 e. The molecule has 0 radical (unpaired) electrons. The van der Waals surface area contributed by atoms with E-state index in [1.165, 1.54) is 0 Å². The van der Waals surface area contributed by atoms with Gasteiger partial charge in [-0.05, 0) is 30.6 Å². The summed E-state index contributed by atoms with van der Waals surface area (Å²) >= 11 is 0. The molecule has 0 spiro atoms. The lowest BCUT2D eigenvalue weighted by atomic mass is 9.87. The zero-order valence-electron chi connectivity index (χ0n) is 11.4. The highest BCUT2D eigenvalue weighted by Gasteiger charge is 2.29. The van der Waals surface area contributed by atoms with Gasteiger partial charge < -0.3 is 9.53 Å². The van der Waals surface area contributed by atoms with Gasteiger partial charge in [0.1, 0.15) is 0 Å². The molecule has 1 atom stereocenters. The molecule has 1 aromatic heterocycles. The first-order valence-corrected chi connectivity index (χ1v) is 8.85. The standard InChI is InChI=1S/C13H23NO2Si/c1-13(2,3)12(16-17(4)5)11-8-6-7-10(9-15)14-11/h6-8,12,15,17H,9H2,1-5H3. The maximum absolute atomic E-state index is 9.13. The fourth-order valence-electron chi connectivity index (χ4n) is 1.72. The minimum Gasteiger partial charge on any atom is -0.412 e. The van der Waals surface area contributed by atoms with E-state index in [0.717, 1.165) is 5.69 Å². The average molecular weight is 253 g/mol. The molecule has 0 aromatic carbocycles. The van der Waals surface area contributed by atoms with Gasteiger partial charge in [-0.2, -0.15) is 0 Å². The Balaban J connectivity index is 3.04. The van der Waals surface area contributed by atoms with Gasteiger partial charge in [0.25, 0.3) is 0 Å². The van der Waals surface area contributed by atoms with E-state index >= 15 is 0 Å². The van der Waals surface area contributed by atoms with Crippen LogP contribution in [0.5, 0.6) is 0 Å². The van der Waals surface area contributed by atoms with Crippen LogP contribution in [-0.4, -0.2) is 19.1 Å². The molecule has 3 nitrogen and oxygen atoms in total. The molecule has 96 valence electrons. The molecule has 0 aliphatic carbocycles. The maximum atomic E-state index is 9.13. The Bertz CT molecular complexity index is 361. The van der Waals surface area contributed by atoms with Gasteiger partial charge in [0, 0.05) is 0 Å². The van der Waals surface area contributed by atoms with E-state index in [0.29, 0.717) is 5.69 Å². The molecule has 0 fully saturated rings. The maximum Gasteiger partial charge on any atom is 0.171 e. The van der Waals surface area contributed by atoms with E-state index in [-0.39, 0.29) is 18.1 Å². The van der Waals surface area contributed by atoms with Crippen molar-refractivity contribution in [3.63, 3.8) is 0 Å². The summed E-state index contributed by atoms with van der Waals surface area (Å²) < 4.78 is 6.10. The lowest BCUT2D eigenvalue weighted by molar-refractivity contribution is 0.0822. The Labute approximate surface area is 106 Å². The summed E-state index contributed by atoms with van der Waals surface area (Å²) in [7, 11) is -1.13. The molecular weight excluding hydrogens is 230 g/mol. The van der Waals surface area contributed by atoms with Crippen LogP contribution < -0.4 is 0 Å². The number of hydrogen-bond acceptors (Lipinski definition) is 3. The molecule has 1 heterocycles. The van der Waals surface area contributed by atoms with Gasteiger partial charge >= 0.3 is 0 Å². The molecule has 0 bridgehead atoms. The molecule has 0 aliphatic rings. The summed E-state index contributed by atoms with van der Waals surface area (Å²) in [6, 6.07) is 5.74. The normalized spacial score (nSPS) is 14.1. The summed E-state index contributed by atoms with van der Waals surface area (Å²) in [5, 5.41) is 9.13. The fourth-order valence-corrected chi connectivity index (χ4v) is 2.81. The van der Waals surface area contributed by atoms with Crippen LogP contribution in [0.2, 0.25) is 13.1 Å². The van der Waals surface area contributed by atoms with E-state index in [1.807, 2.05) is 18.2 Å². The Hall–Kier alpha value is -0.713. The number of hydrogen-bond donors (Lipinski definition) is 1. The van der Waals surface area contributed by atoms with Gasteiger partial charge in [0.05, 0.1) is 24.1 Å². The molecule has 1 aromatic rings. The van der Waals surface area contributed by atoms with Crippen molar-refractivity contribution in [2.45, 2.75) is 46.6 Å². The molecular formula is C13H23NO2Si. The number of aromatic nitrogens is 1. The average Bonchev–Trinajstić information content (AvgIpc) is 2.24. The van der Waals surface area contributed by atoms with Gasteiger partial charge in [-0.25, -0.2) is 0 Å². The molecule has 0 aliphatic heterocycles. The first kappa shape index (κ1) is 14.3. The molecule has 0 saturated heterocycles. The quantitative estimate of drug-likeness (QED) is 0.839. The van der Waals surface area contributed by atoms with Crippen molar-refractivity contribution in [1.82, 2.24) is 4.98 Å². The molecule has 1 N–H and O–H groups in total. The third kappa shape index (κ3) is 4.22. The van der Waals surface area contributed by atoms with E-state index in [1.54, 1.807) is 0 Å². The van der Waals surface area contributed by atoms with Crippen molar-refractivity contribution in [2.75, 3.05) is 0 Å². The summed E-state index contributed by atoms with van der Waals surface area (Å²) in [4.78, 5) is 4.46. The highest BCUT2D eigenvalue weighted by molar-refractivity contribution is 6.48. The third-order valence-corrected chi connectivity index (χ3v) is 3.27. The highest BCUT2D eigenvalue weighted by Crippen LogP contribution is 2.35. The molecule has 17 heavy (non-hydrogen) atoms. The number of aliphatic hydroxyl groups excluding tert-OH is 1. The second-order valence-corrected chi connectivity index (χ2v) is 8.01. The Kier molecular flexibility index (Phi) is 4.86. The van der Waals surface area contributed by atoms with Gasteiger partial charge in [0.2, 0.25) is 0 Å². The first-order valence-electron chi connectivity index (χ1n) is 6.06. The minimum atomic E-state index is -1.13. The Morgan fingerprint density at radius 3 is 2.47 bits per heavy atom. The summed E-state index contributed by atoms with van der Waals surface area (Å²) in [6.45, 7) is 10.8. The van der Waals surface area contributed by atoms with Crippen LogP contribution in [0.25, 0.3) is 0 Å². The number of pyridine rings is 1. The van der Waals surface area contributed by atoms with E-state index in [9.17, 15) is 0 Å². The summed E-state index contributed by atoms with van der Waals surface area (Å²) in [6.07, 6.45) is 0.000617. The van der Waals surface area contributed by atoms with Crippen LogP contribution in [0.4, 0.5) is 0 Å². The molecule has 1 rings (SSSR count). The monoisotopic (exact) mass is 253 g/mol. The van der Waals surface area contributed by atoms with Crippen LogP contribution >= 0.6 is 0 Å². The van der Waals surface area contributed by atoms with Gasteiger partial charge in [0.15, 0.2) is 9.04 Å². The topological polar surface area (TPSA) is 42.4 Å². The van der Waals surface area contributed by atoms with Crippen molar-refractivity contribution in [2.24, 2.45) is 5.41 Å². The highest BCUT2D eigenvalue weighted by atomic mass is 28.3. The molecule has 0 saturated carbocycles. The Morgan fingerprint density at radius 1 is 1.35 bits per heavy atom. The Morgan fingerprint density at radius 2 is 2.00 bits per heavy atom. The molecule has 0 amide bonds. The van der Waals surface area contributed by atoms with E-state index in [2.05, 4.69) is 38.8 Å². The summed E-state index contributed by atoms with van der Waals surface area (Å²) in [5.74, 6) is 0. The first-order chi connectivity index (χ1) is 7.84. The SMILES string of the molecule is C[SiH](C)OC(c1cccc(CO)n1)C(C)(C)C. The van der Waals surface area contributed by atoms with E-state index in [4.69, 9.17) is 9.53 Å². The second kappa shape index (κ2) is 5.75. The second-order valence-electron chi connectivity index (χ2n) is 5.64. The van der Waals surface area contributed by atoms with Gasteiger partial charge in [-0.3, -0.25) is 4.98 Å². The zero-order valence-corrected chi connectivity index (χ0v) is 12.6. The van der Waals surface area contributed by atoms with Crippen LogP contribution in [0.1, 0.15) is 38.3 Å². The summed E-state index contributed by atoms with van der Waals surface area (Å²) in [5.41, 5.74) is 1.63. The van der Waals surface area contributed by atoms with Crippen LogP contribution in [0, 0.1) is 5.41 Å². The number of nitrogens with zero attached hydrogens (tertiary/aromatic N) is 1. The van der Waals surface area contributed by atoms with Crippen molar-refractivity contribution in [3.8, 4) is 0 Å². The third-order valence-electron chi connectivity index (χ3n) is 2.45. The van der Waals surface area contributed by atoms with Crippen molar-refractivity contribution in [3.05, 3.63) is 29.6 Å². The lowest BCUT2D eigenvalue weighted by Gasteiger charge is -2.32. The molecule has 1 unspecified atom stereocenters. The zero-order chi connectivity index (χ0) is 13.1. The van der Waals surface area contributed by atoms with Gasteiger partial charge in [-0.1, -0.05) is 26.8 Å². The predicted octanol–water partition coefficient (Wildman–Crippen LogP) is 2.66. The number of rotatable bonds is 4. The molecule has 4 heteroatoms. The van der Waals surface area contributed by atoms with Crippen LogP contribution in [0.15, 0.2) is 18.2 Å². The smallest absolute Gasteiger partial charge is 0.171 e. The fraction of sp³-hybridized carbons (Fsp3) is 0.615. The predicted molar refractivity (Wildman–Crippen MR) is 72.3 cm³/mol. The van der Waals surface area contributed by atoms with Crippen LogP contribution in [0.3, 0.4) is 0 Å².